The summed E-state index contributed by atoms with van der Waals surface area (Å²) in [7, 11) is 1.65. The fourth-order valence-electron chi connectivity index (χ4n) is 2.12. The fraction of sp³-hybridized carbons (Fsp3) is 0.111. The molecule has 5 nitrogen and oxygen atoms in total. The topological polar surface area (TPSA) is 67.3 Å². The van der Waals surface area contributed by atoms with E-state index in [1.165, 1.54) is 11.8 Å². The normalized spacial score (nSPS) is 10.0. The third kappa shape index (κ3) is 5.35. The number of aliphatic hydroxyl groups is 1. The van der Waals surface area contributed by atoms with E-state index in [1.807, 2.05) is 54.6 Å². The molecular weight excluding hydrogens is 358 g/mol. The van der Waals surface area contributed by atoms with Crippen molar-refractivity contribution < 1.29 is 9.84 Å². The number of halogens is 1. The van der Waals surface area contributed by atoms with Crippen LogP contribution in [-0.2, 0) is 6.61 Å². The lowest BCUT2D eigenvalue weighted by molar-refractivity contribution is 0.282. The second-order valence-corrected chi connectivity index (χ2v) is 6.08. The van der Waals surface area contributed by atoms with Crippen LogP contribution in [0.25, 0.3) is 0 Å². The lowest BCUT2D eigenvalue weighted by Gasteiger charge is -2.08. The number of ether oxygens (including phenoxy) is 1. The van der Waals surface area contributed by atoms with Crippen LogP contribution in [0, 0.1) is 0 Å². The molecule has 0 atom stereocenters. The van der Waals surface area contributed by atoms with Crippen molar-refractivity contribution in [3.8, 4) is 5.75 Å². The highest BCUT2D eigenvalue weighted by Crippen LogP contribution is 2.29. The summed E-state index contributed by atoms with van der Waals surface area (Å²) in [5.41, 5.74) is 1.67. The zero-order chi connectivity index (χ0) is 16.8. The Kier molecular flexibility index (Phi) is 7.06. The molecule has 1 heterocycles. The van der Waals surface area contributed by atoms with Crippen LogP contribution < -0.4 is 10.1 Å². The van der Waals surface area contributed by atoms with E-state index < -0.39 is 0 Å². The Labute approximate surface area is 156 Å². The third-order valence-corrected chi connectivity index (χ3v) is 4.19. The van der Waals surface area contributed by atoms with E-state index in [1.54, 1.807) is 13.3 Å². The van der Waals surface area contributed by atoms with Gasteiger partial charge in [-0.25, -0.2) is 9.97 Å². The minimum Gasteiger partial charge on any atom is -0.497 e. The molecule has 0 fully saturated rings. The molecule has 0 spiro atoms. The van der Waals surface area contributed by atoms with Crippen LogP contribution in [-0.4, -0.2) is 22.2 Å². The Balaban J connectivity index is 0.00000225. The summed E-state index contributed by atoms with van der Waals surface area (Å²) in [5, 5.41) is 13.2. The van der Waals surface area contributed by atoms with Crippen molar-refractivity contribution in [2.45, 2.75) is 16.5 Å². The van der Waals surface area contributed by atoms with Crippen LogP contribution in [0.2, 0.25) is 0 Å². The van der Waals surface area contributed by atoms with Gasteiger partial charge < -0.3 is 15.2 Å². The number of hydrogen-bond acceptors (Lipinski definition) is 6. The zero-order valence-electron chi connectivity index (χ0n) is 13.5. The van der Waals surface area contributed by atoms with E-state index >= 15 is 0 Å². The maximum atomic E-state index is 9.21. The highest BCUT2D eigenvalue weighted by molar-refractivity contribution is 7.99. The quantitative estimate of drug-likeness (QED) is 0.626. The predicted molar refractivity (Wildman–Crippen MR) is 102 cm³/mol. The van der Waals surface area contributed by atoms with Crippen LogP contribution in [0.3, 0.4) is 0 Å². The average Bonchev–Trinajstić information content (AvgIpc) is 2.62. The highest BCUT2D eigenvalue weighted by Gasteiger charge is 2.04. The number of aromatic nitrogens is 2. The van der Waals surface area contributed by atoms with Crippen LogP contribution >= 0.6 is 24.2 Å². The van der Waals surface area contributed by atoms with Gasteiger partial charge in [0.05, 0.1) is 13.7 Å². The maximum Gasteiger partial charge on any atom is 0.228 e. The van der Waals surface area contributed by atoms with Gasteiger partial charge >= 0.3 is 0 Å². The molecule has 0 unspecified atom stereocenters. The molecule has 7 heteroatoms. The van der Waals surface area contributed by atoms with Crippen LogP contribution in [0.1, 0.15) is 5.56 Å². The summed E-state index contributed by atoms with van der Waals surface area (Å²) >= 11 is 1.54. The number of benzene rings is 2. The molecule has 0 radical (unpaired) electrons. The van der Waals surface area contributed by atoms with Gasteiger partial charge in [0.25, 0.3) is 0 Å². The maximum absolute atomic E-state index is 9.21. The number of anilines is 2. The predicted octanol–water partition coefficient (Wildman–Crippen LogP) is 4.29. The first-order chi connectivity index (χ1) is 11.8. The van der Waals surface area contributed by atoms with E-state index in [4.69, 9.17) is 4.74 Å². The van der Waals surface area contributed by atoms with Crippen LogP contribution in [0.4, 0.5) is 11.6 Å². The largest absolute Gasteiger partial charge is 0.497 e. The standard InChI is InChI=1S/C18H17N3O2S.ClH/c1-23-15-6-3-7-16(11-15)24-17-8-9-19-18(21-17)20-14-5-2-4-13(10-14)12-22;/h2-11,22H,12H2,1H3,(H,19,20,21);1H. The van der Waals surface area contributed by atoms with Gasteiger partial charge in [0.1, 0.15) is 10.8 Å². The molecule has 0 aliphatic heterocycles. The zero-order valence-corrected chi connectivity index (χ0v) is 15.2. The molecular formula is C18H18ClN3O2S. The van der Waals surface area contributed by atoms with E-state index in [9.17, 15) is 5.11 Å². The molecule has 0 saturated carbocycles. The molecule has 25 heavy (non-hydrogen) atoms. The van der Waals surface area contributed by atoms with Gasteiger partial charge in [-0.05, 0) is 42.0 Å². The molecule has 2 N–H and O–H groups in total. The summed E-state index contributed by atoms with van der Waals surface area (Å²) < 4.78 is 5.24. The molecule has 2 aromatic carbocycles. The molecule has 0 amide bonds. The number of rotatable bonds is 6. The molecule has 3 rings (SSSR count). The number of nitrogens with one attached hydrogen (secondary N) is 1. The van der Waals surface area contributed by atoms with Crippen molar-refractivity contribution >= 4 is 35.8 Å². The molecule has 1 aromatic heterocycles. The Morgan fingerprint density at radius 2 is 1.96 bits per heavy atom. The first-order valence-corrected chi connectivity index (χ1v) is 8.20. The first kappa shape index (κ1) is 19.1. The lowest BCUT2D eigenvalue weighted by Crippen LogP contribution is -1.98. The third-order valence-electron chi connectivity index (χ3n) is 3.26. The van der Waals surface area contributed by atoms with Gasteiger partial charge in [-0.3, -0.25) is 0 Å². The summed E-state index contributed by atoms with van der Waals surface area (Å²) in [6.07, 6.45) is 1.72. The average molecular weight is 376 g/mol. The van der Waals surface area contributed by atoms with Crippen LogP contribution in [0.15, 0.2) is 70.7 Å². The molecule has 0 bridgehead atoms. The summed E-state index contributed by atoms with van der Waals surface area (Å²) in [6.45, 7) is 0.00209. The van der Waals surface area contributed by atoms with E-state index in [0.717, 1.165) is 26.9 Å². The van der Waals surface area contributed by atoms with Crippen molar-refractivity contribution in [1.82, 2.24) is 9.97 Å². The molecule has 130 valence electrons. The second-order valence-electron chi connectivity index (χ2n) is 4.98. The smallest absolute Gasteiger partial charge is 0.228 e. The molecule has 3 aromatic rings. The van der Waals surface area contributed by atoms with Gasteiger partial charge in [0.15, 0.2) is 0 Å². The van der Waals surface area contributed by atoms with Crippen molar-refractivity contribution in [2.75, 3.05) is 12.4 Å². The number of nitrogens with zero attached hydrogens (tertiary/aromatic N) is 2. The number of aliphatic hydroxyl groups excluding tert-OH is 1. The number of hydrogen-bond donors (Lipinski definition) is 2. The molecule has 0 aliphatic carbocycles. The molecule has 0 saturated heterocycles. The summed E-state index contributed by atoms with van der Waals surface area (Å²) in [6, 6.07) is 17.2. The van der Waals surface area contributed by atoms with Gasteiger partial charge in [-0.15, -0.1) is 12.4 Å². The van der Waals surface area contributed by atoms with Crippen molar-refractivity contribution in [2.24, 2.45) is 0 Å². The first-order valence-electron chi connectivity index (χ1n) is 7.38. The molecule has 0 aliphatic rings. The van der Waals surface area contributed by atoms with Gasteiger partial charge in [0.2, 0.25) is 5.95 Å². The van der Waals surface area contributed by atoms with E-state index in [0.29, 0.717) is 5.95 Å². The van der Waals surface area contributed by atoms with Crippen molar-refractivity contribution in [3.05, 3.63) is 66.4 Å². The summed E-state index contributed by atoms with van der Waals surface area (Å²) in [4.78, 5) is 9.80. The van der Waals surface area contributed by atoms with Gasteiger partial charge in [0, 0.05) is 16.8 Å². The minimum absolute atomic E-state index is 0. The second kappa shape index (κ2) is 9.27. The Morgan fingerprint density at radius 1 is 1.12 bits per heavy atom. The highest BCUT2D eigenvalue weighted by atomic mass is 35.5. The monoisotopic (exact) mass is 375 g/mol. The van der Waals surface area contributed by atoms with E-state index in [-0.39, 0.29) is 19.0 Å². The van der Waals surface area contributed by atoms with Crippen LogP contribution in [0.5, 0.6) is 5.75 Å². The number of methoxy groups -OCH3 is 1. The van der Waals surface area contributed by atoms with Crippen molar-refractivity contribution in [1.29, 1.82) is 0 Å². The van der Waals surface area contributed by atoms with Gasteiger partial charge in [-0.1, -0.05) is 30.0 Å². The van der Waals surface area contributed by atoms with E-state index in [2.05, 4.69) is 15.3 Å². The fourth-order valence-corrected chi connectivity index (χ4v) is 2.95. The summed E-state index contributed by atoms with van der Waals surface area (Å²) in [5.74, 6) is 1.33. The minimum atomic E-state index is 0. The Bertz CT molecular complexity index is 768. The van der Waals surface area contributed by atoms with Gasteiger partial charge in [-0.2, -0.15) is 0 Å². The van der Waals surface area contributed by atoms with Crippen molar-refractivity contribution in [3.63, 3.8) is 0 Å². The Morgan fingerprint density at radius 3 is 2.76 bits per heavy atom. The lowest BCUT2D eigenvalue weighted by atomic mass is 10.2. The SMILES string of the molecule is COc1cccc(Sc2ccnc(Nc3cccc(CO)c3)n2)c1.Cl. The Hall–Kier alpha value is -2.28.